The Kier molecular flexibility index (Phi) is 36.6. The first-order chi connectivity index (χ1) is 57.8. The van der Waals surface area contributed by atoms with Crippen molar-refractivity contribution in [1.29, 1.82) is 0 Å². The maximum absolute atomic E-state index is 13.0. The van der Waals surface area contributed by atoms with E-state index in [2.05, 4.69) is 65.3 Å². The molecule has 0 amide bonds. The van der Waals surface area contributed by atoms with Gasteiger partial charge in [-0.3, -0.25) is 0 Å². The van der Waals surface area contributed by atoms with Gasteiger partial charge in [-0.1, -0.05) is 145 Å². The summed E-state index contributed by atoms with van der Waals surface area (Å²) in [4.78, 5) is 144. The van der Waals surface area contributed by atoms with Crippen molar-refractivity contribution >= 4 is 71.6 Å². The molecule has 8 aromatic rings. The zero-order valence-corrected chi connectivity index (χ0v) is 69.6. The molecular weight excluding hydrogens is 1570 g/mol. The van der Waals surface area contributed by atoms with E-state index in [1.54, 1.807) is 120 Å². The highest BCUT2D eigenvalue weighted by atomic mass is 16.6. The molecule has 8 aromatic carbocycles. The molecule has 0 aliphatic heterocycles. The highest BCUT2D eigenvalue weighted by Crippen LogP contribution is 2.39. The highest BCUT2D eigenvalue weighted by Gasteiger charge is 2.23. The Hall–Kier alpha value is -15.1. The predicted molar refractivity (Wildman–Crippen MR) is 458 cm³/mol. The number of carbonyl (C=O) groups excluding carboxylic acids is 12. The summed E-state index contributed by atoms with van der Waals surface area (Å²) < 4.78 is 68.3. The zero-order valence-electron chi connectivity index (χ0n) is 69.6. The Morgan fingerprint density at radius 3 is 0.893 bits per heavy atom. The van der Waals surface area contributed by atoms with Gasteiger partial charge in [-0.25, -0.2) is 57.5 Å². The second-order valence-electron chi connectivity index (χ2n) is 27.3. The van der Waals surface area contributed by atoms with E-state index in [0.29, 0.717) is 68.6 Å². The van der Waals surface area contributed by atoms with Crippen molar-refractivity contribution < 1.29 is 119 Å². The van der Waals surface area contributed by atoms with Crippen LogP contribution in [-0.2, 0) is 82.7 Å². The minimum atomic E-state index is -0.788. The van der Waals surface area contributed by atoms with Gasteiger partial charge in [0.15, 0.2) is 0 Å². The minimum Gasteiger partial charge on any atom is -0.489 e. The van der Waals surface area contributed by atoms with Gasteiger partial charge in [0.25, 0.3) is 0 Å². The van der Waals surface area contributed by atoms with Crippen LogP contribution in [0.4, 0.5) is 0 Å². The second-order valence-corrected chi connectivity index (χ2v) is 27.3. The van der Waals surface area contributed by atoms with Gasteiger partial charge in [0.1, 0.15) is 87.4 Å². The van der Waals surface area contributed by atoms with Gasteiger partial charge < -0.3 is 61.6 Å². The third-order valence-corrected chi connectivity index (χ3v) is 16.6. The molecule has 122 heavy (non-hydrogen) atoms. The van der Waals surface area contributed by atoms with E-state index >= 15 is 0 Å². The van der Waals surface area contributed by atoms with Crippen LogP contribution in [0.5, 0.6) is 34.5 Å². The van der Waals surface area contributed by atoms with E-state index in [0.717, 1.165) is 44.5 Å². The van der Waals surface area contributed by atoms with Crippen molar-refractivity contribution in [3.05, 3.63) is 301 Å². The summed E-state index contributed by atoms with van der Waals surface area (Å²) in [7, 11) is 0. The summed E-state index contributed by atoms with van der Waals surface area (Å²) in [6, 6.07) is 48.0. The van der Waals surface area contributed by atoms with Gasteiger partial charge in [0.2, 0.25) is 0 Å². The lowest BCUT2D eigenvalue weighted by Gasteiger charge is -2.17. The number of hydrogen-bond donors (Lipinski definition) is 0. The Morgan fingerprint density at radius 1 is 0.238 bits per heavy atom. The first-order valence-corrected chi connectivity index (χ1v) is 37.7. The maximum atomic E-state index is 13.0. The molecule has 0 fully saturated rings. The molecule has 25 heteroatoms. The normalized spacial score (nSPS) is 10.2. The van der Waals surface area contributed by atoms with Crippen LogP contribution in [0.3, 0.4) is 0 Å². The number of ether oxygens (including phenoxy) is 13. The quantitative estimate of drug-likeness (QED) is 0.0116. The largest absolute Gasteiger partial charge is 0.489 e. The molecule has 8 rings (SSSR count). The molecule has 0 saturated heterocycles. The van der Waals surface area contributed by atoms with Crippen LogP contribution in [0.15, 0.2) is 279 Å². The molecule has 0 aliphatic carbocycles. The first kappa shape index (κ1) is 95.7. The number of esters is 12. The van der Waals surface area contributed by atoms with Gasteiger partial charge in [-0.05, 0) is 210 Å². The van der Waals surface area contributed by atoms with Gasteiger partial charge in [-0.2, -0.15) is 0 Å². The molecule has 0 N–H and O–H groups in total. The lowest BCUT2D eigenvalue weighted by molar-refractivity contribution is -0.140. The summed E-state index contributed by atoms with van der Waals surface area (Å²) in [5.74, 6) is -4.92. The fourth-order valence-corrected chi connectivity index (χ4v) is 10.1. The predicted octanol–water partition coefficient (Wildman–Crippen LogP) is 17.7. The molecule has 0 atom stereocenters. The minimum absolute atomic E-state index is 0.0227. The van der Waals surface area contributed by atoms with Crippen molar-refractivity contribution in [2.24, 2.45) is 0 Å². The molecule has 0 spiro atoms. The lowest BCUT2D eigenvalue weighted by Crippen LogP contribution is -2.16. The number of hydrogen-bond acceptors (Lipinski definition) is 25. The maximum Gasteiger partial charge on any atom is 0.338 e. The van der Waals surface area contributed by atoms with Crippen molar-refractivity contribution in [2.75, 3.05) is 52.9 Å². The van der Waals surface area contributed by atoms with Gasteiger partial charge in [0.05, 0.1) is 16.7 Å². The average molecular weight is 1660 g/mol. The van der Waals surface area contributed by atoms with Crippen molar-refractivity contribution in [1.82, 2.24) is 0 Å². The number of aryl methyl sites for hydroxylation is 1. The fourth-order valence-electron chi connectivity index (χ4n) is 10.1. The van der Waals surface area contributed by atoms with Crippen LogP contribution in [0, 0.1) is 0 Å². The van der Waals surface area contributed by atoms with Gasteiger partial charge >= 0.3 is 71.6 Å². The molecule has 0 aromatic heterocycles. The van der Waals surface area contributed by atoms with E-state index in [4.69, 9.17) is 61.6 Å². The van der Waals surface area contributed by atoms with E-state index in [-0.39, 0.29) is 109 Å². The standard InChI is InChI=1S/C37H38O9.C30H30O10.C30H26O6/c1-8-26-21-28(27-9-13-30(14-10-27)46-36(40)25(6)7)11-15-31(26)32-16-12-29(37(41)45-20-19-44-35(39)24(4)5)22-33(32)42-17-18-43-34(38)23(2)3;1-18(2)26(31)36-13-15-38-29(34)22-9-12-24(21-7-10-23(11-8-21)40-28(33)20(5)6)25(17-22)30(35)39-16-14-37-27(32)19(3)4;1-18(2)28(31)34-24-12-7-21(8-13-24)23-11-16-27(36-30(33)20(5)6)26(17-23)22-9-14-25(15-10-22)35-29(32)19(3)4/h9-16,21-22H,2,4,6,8,17-20H2,1,3,5,7H3;7-12,17H,1,3,5,13-16H2,2,4,6H3;7-17H,1,3,5H2,2,4,6H3. The number of carbonyl (C=O) groups is 12. The Balaban J connectivity index is 0.000000285. The van der Waals surface area contributed by atoms with E-state index < -0.39 is 71.6 Å². The molecule has 632 valence electrons. The van der Waals surface area contributed by atoms with E-state index in [1.807, 2.05) is 55.5 Å². The monoisotopic (exact) mass is 1660 g/mol. The first-order valence-electron chi connectivity index (χ1n) is 37.7. The van der Waals surface area contributed by atoms with Gasteiger partial charge in [-0.15, -0.1) is 0 Å². The highest BCUT2D eigenvalue weighted by molar-refractivity contribution is 6.02. The lowest BCUT2D eigenvalue weighted by atomic mass is 9.92. The topological polar surface area (TPSA) is 325 Å². The number of rotatable bonds is 36. The summed E-state index contributed by atoms with van der Waals surface area (Å²) >= 11 is 0. The Labute approximate surface area is 707 Å². The van der Waals surface area contributed by atoms with Crippen LogP contribution in [0.1, 0.15) is 106 Å². The van der Waals surface area contributed by atoms with E-state index in [9.17, 15) is 57.5 Å². The summed E-state index contributed by atoms with van der Waals surface area (Å²) in [5.41, 5.74) is 11.2. The van der Waals surface area contributed by atoms with Crippen LogP contribution in [0.2, 0.25) is 0 Å². The molecule has 0 aliphatic rings. The SMILES string of the molecule is C=C(C)C(=O)OCCOC(=O)c1ccc(-c2ccc(-c3ccc(OC(=O)C(=C)C)cc3)cc2CC)c(OCCOC(=O)C(=C)C)c1.C=C(C)C(=O)OCCOC(=O)c1ccc(-c2ccc(OC(=O)C(=C)C)cc2)c(C(=O)OCCOC(=O)C(=C)C)c1.C=C(C)C(=O)Oc1ccc(-c2ccc(OC(=O)C(=C)C)c(-c3ccc(OC(=O)C(=C)C)cc3)c2)cc1. The molecule has 0 heterocycles. The molecule has 0 unspecified atom stereocenters. The van der Waals surface area contributed by atoms with Crippen molar-refractivity contribution in [3.63, 3.8) is 0 Å². The molecule has 25 nitrogen and oxygen atoms in total. The molecule has 0 radical (unpaired) electrons. The number of benzene rings is 8. The van der Waals surface area contributed by atoms with Crippen molar-refractivity contribution in [3.8, 4) is 90.1 Å². The van der Waals surface area contributed by atoms with Gasteiger partial charge in [0, 0.05) is 61.3 Å². The molecule has 0 saturated carbocycles. The summed E-state index contributed by atoms with van der Waals surface area (Å²) in [5, 5.41) is 0. The second kappa shape index (κ2) is 46.7. The zero-order chi connectivity index (χ0) is 90.0. The third-order valence-electron chi connectivity index (χ3n) is 16.6. The van der Waals surface area contributed by atoms with Crippen LogP contribution in [-0.4, -0.2) is 124 Å². The fraction of sp³-hybridized carbons (Fsp3) is 0.196. The summed E-state index contributed by atoms with van der Waals surface area (Å²) in [6.07, 6.45) is 0.694. The molecule has 0 bridgehead atoms. The van der Waals surface area contributed by atoms with Crippen LogP contribution in [0.25, 0.3) is 55.6 Å². The van der Waals surface area contributed by atoms with Crippen LogP contribution >= 0.6 is 0 Å². The summed E-state index contributed by atoms with van der Waals surface area (Å²) in [6.45, 7) is 46.8. The van der Waals surface area contributed by atoms with Crippen LogP contribution < -0.4 is 28.4 Å². The Bertz CT molecular complexity index is 5400. The average Bonchev–Trinajstić information content (AvgIpc) is 0.799. The third kappa shape index (κ3) is 29.8. The Morgan fingerprint density at radius 2 is 0.525 bits per heavy atom. The van der Waals surface area contributed by atoms with E-state index in [1.165, 1.54) is 58.0 Å². The molecular formula is C97H94O25. The van der Waals surface area contributed by atoms with Crippen molar-refractivity contribution in [2.45, 2.75) is 75.7 Å². The smallest absolute Gasteiger partial charge is 0.338 e.